The minimum Gasteiger partial charge on any atom is -0.508 e. The van der Waals surface area contributed by atoms with E-state index in [0.717, 1.165) is 45.1 Å². The molecule has 4 aliphatic rings. The lowest BCUT2D eigenvalue weighted by atomic mass is 9.75. The molecule has 8 rings (SSSR count). The van der Waals surface area contributed by atoms with Crippen LogP contribution in [-0.4, -0.2) is 93.8 Å². The van der Waals surface area contributed by atoms with Crippen molar-refractivity contribution in [1.82, 2.24) is 19.9 Å². The molecular weight excluding hydrogens is 644 g/mol. The zero-order valence-corrected chi connectivity index (χ0v) is 28.5. The van der Waals surface area contributed by atoms with Crippen molar-refractivity contribution >= 4 is 27.5 Å². The van der Waals surface area contributed by atoms with E-state index in [0.29, 0.717) is 37.5 Å². The Kier molecular flexibility index (Phi) is 8.01. The molecule has 0 radical (unpaired) electrons. The highest BCUT2D eigenvalue weighted by Crippen LogP contribution is 2.49. The predicted molar refractivity (Wildman–Crippen MR) is 185 cm³/mol. The van der Waals surface area contributed by atoms with Crippen molar-refractivity contribution in [1.29, 1.82) is 0 Å². The molecule has 0 amide bonds. The largest absolute Gasteiger partial charge is 0.508 e. The second-order valence-corrected chi connectivity index (χ2v) is 14.9. The van der Waals surface area contributed by atoms with Crippen LogP contribution in [0.1, 0.15) is 57.9 Å². The van der Waals surface area contributed by atoms with E-state index in [1.807, 2.05) is 13.8 Å². The van der Waals surface area contributed by atoms with Crippen molar-refractivity contribution in [2.24, 2.45) is 5.41 Å². The van der Waals surface area contributed by atoms with Gasteiger partial charge in [-0.05, 0) is 76.1 Å². The molecule has 4 atom stereocenters. The van der Waals surface area contributed by atoms with Gasteiger partial charge in [-0.25, -0.2) is 13.8 Å². The van der Waals surface area contributed by atoms with Crippen molar-refractivity contribution < 1.29 is 33.2 Å². The van der Waals surface area contributed by atoms with Crippen molar-refractivity contribution in [3.63, 3.8) is 0 Å². The number of halogens is 2. The number of aliphatic hydroxyl groups is 1. The number of ether oxygens (including phenoxy) is 3. The van der Waals surface area contributed by atoms with Crippen LogP contribution >= 0.6 is 0 Å². The number of aromatic nitrogens is 3. The third-order valence-corrected chi connectivity index (χ3v) is 11.0. The van der Waals surface area contributed by atoms with Gasteiger partial charge in [-0.1, -0.05) is 18.4 Å². The number of morpholine rings is 1. The van der Waals surface area contributed by atoms with Gasteiger partial charge in [-0.15, -0.1) is 6.42 Å². The SMILES string of the molecule is C#Cc1c(F)ccc2cc(O)cc(-c3nc(OC)c4c(N5C[C@H]6C[C@@H]5CO6)nc(OC[C@]56CCC[C@H]5N(CC(C)(C)O)CCC6)nc4c3F)c12. The lowest BCUT2D eigenvalue weighted by Gasteiger charge is -2.47. The van der Waals surface area contributed by atoms with E-state index in [1.165, 1.54) is 31.4 Å². The van der Waals surface area contributed by atoms with Gasteiger partial charge in [-0.2, -0.15) is 9.97 Å². The highest BCUT2D eigenvalue weighted by molar-refractivity contribution is 6.04. The average Bonchev–Trinajstić information content (AvgIpc) is 3.84. The number of fused-ring (bicyclic) bond motifs is 5. The fourth-order valence-corrected chi connectivity index (χ4v) is 9.02. The number of hydrogen-bond acceptors (Lipinski definition) is 10. The monoisotopic (exact) mass is 685 g/mol. The molecule has 2 aromatic carbocycles. The number of benzene rings is 2. The summed E-state index contributed by atoms with van der Waals surface area (Å²) in [5.74, 6) is 1.27. The molecule has 12 heteroatoms. The van der Waals surface area contributed by atoms with Gasteiger partial charge in [0.15, 0.2) is 5.82 Å². The zero-order chi connectivity index (χ0) is 34.9. The maximum Gasteiger partial charge on any atom is 0.319 e. The smallest absolute Gasteiger partial charge is 0.319 e. The number of methoxy groups -OCH3 is 1. The molecular formula is C38H41F2N5O5. The number of aromatic hydroxyl groups is 1. The first-order valence-corrected chi connectivity index (χ1v) is 17.3. The molecule has 2 bridgehead atoms. The number of pyridine rings is 1. The summed E-state index contributed by atoms with van der Waals surface area (Å²) >= 11 is 0. The van der Waals surface area contributed by atoms with Crippen LogP contribution in [0.25, 0.3) is 32.9 Å². The number of piperidine rings is 1. The second-order valence-electron chi connectivity index (χ2n) is 14.9. The van der Waals surface area contributed by atoms with Gasteiger partial charge in [0.05, 0.1) is 43.6 Å². The Morgan fingerprint density at radius 2 is 1.96 bits per heavy atom. The first-order chi connectivity index (χ1) is 24.0. The van der Waals surface area contributed by atoms with Gasteiger partial charge >= 0.3 is 6.01 Å². The van der Waals surface area contributed by atoms with Gasteiger partial charge in [0.2, 0.25) is 5.88 Å². The number of rotatable bonds is 8. The fraction of sp³-hybridized carbons (Fsp3) is 0.500. The van der Waals surface area contributed by atoms with Crippen molar-refractivity contribution in [3.05, 3.63) is 41.5 Å². The molecule has 2 aromatic heterocycles. The van der Waals surface area contributed by atoms with Crippen molar-refractivity contribution in [2.45, 2.75) is 76.2 Å². The Bertz CT molecular complexity index is 2050. The third-order valence-electron chi connectivity index (χ3n) is 11.0. The van der Waals surface area contributed by atoms with Crippen LogP contribution in [0.15, 0.2) is 24.3 Å². The molecule has 5 heterocycles. The molecule has 50 heavy (non-hydrogen) atoms. The Morgan fingerprint density at radius 3 is 2.68 bits per heavy atom. The van der Waals surface area contributed by atoms with Gasteiger partial charge in [-0.3, -0.25) is 4.90 Å². The summed E-state index contributed by atoms with van der Waals surface area (Å²) in [6, 6.07) is 5.75. The summed E-state index contributed by atoms with van der Waals surface area (Å²) in [5.41, 5.74) is -1.23. The second kappa shape index (κ2) is 12.2. The summed E-state index contributed by atoms with van der Waals surface area (Å²) in [6.07, 6.45) is 11.6. The number of hydrogen-bond donors (Lipinski definition) is 2. The molecule has 3 saturated heterocycles. The van der Waals surface area contributed by atoms with E-state index >= 15 is 4.39 Å². The number of nitrogens with zero attached hydrogens (tertiary/aromatic N) is 5. The standard InChI is InChI=1S/C38H41F2N5O5/c1-5-25-27(39)10-9-21-14-23(46)16-26(29(21)25)32-31(40)33-30(35(41-32)48-4)34(45-17-24-15-22(45)18-49-24)43-36(42-33)50-20-38-11-6-8-28(38)44(13-7-12-38)19-37(2,3)47/h1,9-10,14,16,22,24,28,46-47H,6-8,11-13,15,17-20H2,2-4H3/t22-,24-,28-,38-/m1/s1. The number of terminal acetylenes is 1. The molecule has 4 fully saturated rings. The maximum atomic E-state index is 17.2. The lowest BCUT2D eigenvalue weighted by molar-refractivity contribution is -0.0431. The molecule has 1 saturated carbocycles. The molecule has 10 nitrogen and oxygen atoms in total. The third kappa shape index (κ3) is 5.47. The average molecular weight is 686 g/mol. The summed E-state index contributed by atoms with van der Waals surface area (Å²) in [4.78, 5) is 18.7. The van der Waals surface area contributed by atoms with Crippen LogP contribution < -0.4 is 14.4 Å². The minimum atomic E-state index is -0.822. The Hall–Kier alpha value is -4.31. The molecule has 1 aliphatic carbocycles. The predicted octanol–water partition coefficient (Wildman–Crippen LogP) is 5.58. The Morgan fingerprint density at radius 1 is 1.14 bits per heavy atom. The summed E-state index contributed by atoms with van der Waals surface area (Å²) in [6.45, 7) is 6.59. The van der Waals surface area contributed by atoms with E-state index in [4.69, 9.17) is 25.6 Å². The van der Waals surface area contributed by atoms with E-state index in [-0.39, 0.29) is 74.4 Å². The maximum absolute atomic E-state index is 17.2. The van der Waals surface area contributed by atoms with Crippen LogP contribution in [0.2, 0.25) is 0 Å². The van der Waals surface area contributed by atoms with E-state index in [9.17, 15) is 14.6 Å². The molecule has 0 unspecified atom stereocenters. The Labute approximate surface area is 289 Å². The van der Waals surface area contributed by atoms with Crippen molar-refractivity contribution in [2.75, 3.05) is 44.9 Å². The number of β-amino-alcohol motifs (C(OH)–C–C–N with tert-alkyl or cyclic N) is 1. The normalized spacial score (nSPS) is 25.0. The molecule has 262 valence electrons. The topological polar surface area (TPSA) is 113 Å². The molecule has 0 spiro atoms. The van der Waals surface area contributed by atoms with E-state index < -0.39 is 17.2 Å². The first kappa shape index (κ1) is 32.9. The summed E-state index contributed by atoms with van der Waals surface area (Å²) in [5, 5.41) is 22.3. The van der Waals surface area contributed by atoms with E-state index in [2.05, 4.69) is 25.7 Å². The lowest BCUT2D eigenvalue weighted by Crippen LogP contribution is -2.55. The van der Waals surface area contributed by atoms with Gasteiger partial charge in [0.25, 0.3) is 0 Å². The number of likely N-dealkylation sites (tertiary alicyclic amines) is 1. The molecule has 2 N–H and O–H groups in total. The van der Waals surface area contributed by atoms with Crippen LogP contribution in [0.5, 0.6) is 17.6 Å². The highest BCUT2D eigenvalue weighted by Gasteiger charge is 2.49. The number of anilines is 1. The number of phenols is 1. The van der Waals surface area contributed by atoms with E-state index in [1.54, 1.807) is 0 Å². The van der Waals surface area contributed by atoms with Crippen LogP contribution in [-0.2, 0) is 4.74 Å². The highest BCUT2D eigenvalue weighted by atomic mass is 19.1. The summed E-state index contributed by atoms with van der Waals surface area (Å²) < 4.78 is 50.3. The first-order valence-electron chi connectivity index (χ1n) is 17.3. The van der Waals surface area contributed by atoms with Crippen LogP contribution in [0.3, 0.4) is 0 Å². The van der Waals surface area contributed by atoms with Gasteiger partial charge < -0.3 is 29.3 Å². The molecule has 3 aliphatic heterocycles. The minimum absolute atomic E-state index is 0.0235. The van der Waals surface area contributed by atoms with Crippen molar-refractivity contribution in [3.8, 4) is 41.2 Å². The van der Waals surface area contributed by atoms with Gasteiger partial charge in [0, 0.05) is 35.5 Å². The number of phenolic OH excluding ortho intramolecular Hbond substituents is 1. The summed E-state index contributed by atoms with van der Waals surface area (Å²) in [7, 11) is 1.44. The fourth-order valence-electron chi connectivity index (χ4n) is 9.02. The quantitative estimate of drug-likeness (QED) is 0.228. The van der Waals surface area contributed by atoms with Crippen LogP contribution in [0, 0.1) is 29.4 Å². The Balaban J connectivity index is 1.27. The van der Waals surface area contributed by atoms with Gasteiger partial charge in [0.1, 0.15) is 34.0 Å². The van der Waals surface area contributed by atoms with Crippen LogP contribution in [0.4, 0.5) is 14.6 Å². The zero-order valence-electron chi connectivity index (χ0n) is 28.5. The molecule has 4 aromatic rings.